The molecular formula is C4H9NaO3P+. The van der Waals surface area contributed by atoms with Crippen molar-refractivity contribution in [2.45, 2.75) is 19.8 Å². The van der Waals surface area contributed by atoms with E-state index in [0.29, 0.717) is 6.61 Å². The predicted octanol–water partition coefficient (Wildman–Crippen LogP) is -2.18. The van der Waals surface area contributed by atoms with Crippen molar-refractivity contribution in [2.24, 2.45) is 0 Å². The zero-order valence-corrected chi connectivity index (χ0v) is 8.69. The van der Waals surface area contributed by atoms with Crippen molar-refractivity contribution in [3.63, 3.8) is 0 Å². The van der Waals surface area contributed by atoms with E-state index in [9.17, 15) is 9.46 Å². The van der Waals surface area contributed by atoms with Crippen LogP contribution in [0, 0.1) is 0 Å². The van der Waals surface area contributed by atoms with Crippen LogP contribution in [-0.4, -0.2) is 6.61 Å². The summed E-state index contributed by atoms with van der Waals surface area (Å²) in [6.07, 6.45) is 1.77. The van der Waals surface area contributed by atoms with Crippen LogP contribution in [0.5, 0.6) is 0 Å². The van der Waals surface area contributed by atoms with E-state index >= 15 is 0 Å². The standard InChI is InChI=1S/C4H9O3P.Na/c1-2-3-4-7-8(5)6;/h2-4H2,1H3;/q;+1. The van der Waals surface area contributed by atoms with Crippen molar-refractivity contribution in [3.8, 4) is 0 Å². The van der Waals surface area contributed by atoms with Gasteiger partial charge in [-0.1, -0.05) is 13.3 Å². The molecule has 0 aromatic rings. The van der Waals surface area contributed by atoms with E-state index in [1.807, 2.05) is 6.92 Å². The van der Waals surface area contributed by atoms with E-state index in [4.69, 9.17) is 0 Å². The molecule has 0 aromatic heterocycles. The van der Waals surface area contributed by atoms with Crippen molar-refractivity contribution in [1.29, 1.82) is 0 Å². The fourth-order valence-electron chi connectivity index (χ4n) is 0.283. The Kier molecular flexibility index (Phi) is 12.7. The van der Waals surface area contributed by atoms with E-state index < -0.39 is 8.25 Å². The molecule has 0 spiro atoms. The molecule has 0 N–H and O–H groups in total. The first-order valence-electron chi connectivity index (χ1n) is 2.54. The first kappa shape index (κ1) is 12.7. The minimum atomic E-state index is -2.61. The van der Waals surface area contributed by atoms with Crippen LogP contribution in [0.1, 0.15) is 19.8 Å². The summed E-state index contributed by atoms with van der Waals surface area (Å²) in [6, 6.07) is 0. The summed E-state index contributed by atoms with van der Waals surface area (Å²) in [5.41, 5.74) is 0. The van der Waals surface area contributed by atoms with Crippen LogP contribution >= 0.6 is 8.25 Å². The fourth-order valence-corrected chi connectivity index (χ4v) is 0.562. The quantitative estimate of drug-likeness (QED) is 0.266. The summed E-state index contributed by atoms with van der Waals surface area (Å²) in [5.74, 6) is 0. The first-order valence-corrected chi connectivity index (χ1v) is 3.64. The average molecular weight is 159 g/mol. The van der Waals surface area contributed by atoms with Gasteiger partial charge in [-0.05, 0) is 11.0 Å². The van der Waals surface area contributed by atoms with Gasteiger partial charge in [0.15, 0.2) is 0 Å². The molecule has 5 heteroatoms. The molecule has 1 atom stereocenters. The number of hydrogen-bond acceptors (Lipinski definition) is 3. The van der Waals surface area contributed by atoms with E-state index in [1.165, 1.54) is 0 Å². The van der Waals surface area contributed by atoms with Crippen molar-refractivity contribution in [3.05, 3.63) is 0 Å². The molecular weight excluding hydrogens is 150 g/mol. The second kappa shape index (κ2) is 9.02. The van der Waals surface area contributed by atoms with Gasteiger partial charge in [0.2, 0.25) is 0 Å². The Morgan fingerprint density at radius 2 is 2.22 bits per heavy atom. The largest absolute Gasteiger partial charge is 1.00 e. The second-order valence-corrected chi connectivity index (χ2v) is 2.12. The summed E-state index contributed by atoms with van der Waals surface area (Å²) in [5, 5.41) is 0. The Balaban J connectivity index is 0. The number of unbranched alkanes of at least 4 members (excludes halogenated alkanes) is 1. The monoisotopic (exact) mass is 159 g/mol. The predicted molar refractivity (Wildman–Crippen MR) is 28.5 cm³/mol. The van der Waals surface area contributed by atoms with Crippen LogP contribution in [0.3, 0.4) is 0 Å². The zero-order valence-electron chi connectivity index (χ0n) is 5.79. The molecule has 0 saturated carbocycles. The third-order valence-electron chi connectivity index (χ3n) is 0.695. The van der Waals surface area contributed by atoms with Crippen LogP contribution in [-0.2, 0) is 9.09 Å². The normalized spacial score (nSPS) is 10.2. The van der Waals surface area contributed by atoms with Crippen LogP contribution in [0.15, 0.2) is 0 Å². The van der Waals surface area contributed by atoms with Crippen LogP contribution < -0.4 is 34.5 Å². The zero-order chi connectivity index (χ0) is 6.41. The van der Waals surface area contributed by atoms with Gasteiger partial charge in [-0.2, -0.15) is 0 Å². The van der Waals surface area contributed by atoms with Gasteiger partial charge < -0.3 is 4.89 Å². The third-order valence-corrected chi connectivity index (χ3v) is 1.09. The van der Waals surface area contributed by atoms with Crippen molar-refractivity contribution in [2.75, 3.05) is 6.61 Å². The Morgan fingerprint density at radius 1 is 1.67 bits per heavy atom. The fraction of sp³-hybridized carbons (Fsp3) is 1.00. The first-order chi connectivity index (χ1) is 3.77. The van der Waals surface area contributed by atoms with E-state index in [2.05, 4.69) is 4.52 Å². The summed E-state index contributed by atoms with van der Waals surface area (Å²) in [4.78, 5) is 9.69. The molecule has 0 saturated heterocycles. The van der Waals surface area contributed by atoms with Gasteiger partial charge >= 0.3 is 37.8 Å². The van der Waals surface area contributed by atoms with Crippen molar-refractivity contribution >= 4 is 8.25 Å². The molecule has 0 aromatic carbocycles. The summed E-state index contributed by atoms with van der Waals surface area (Å²) in [7, 11) is -2.61. The molecule has 0 aliphatic rings. The Labute approximate surface area is 78.0 Å². The molecule has 9 heavy (non-hydrogen) atoms. The Hall–Kier alpha value is 1.02. The number of hydrogen-bond donors (Lipinski definition) is 0. The van der Waals surface area contributed by atoms with Gasteiger partial charge in [-0.25, -0.2) is 0 Å². The second-order valence-electron chi connectivity index (χ2n) is 1.41. The maximum Gasteiger partial charge on any atom is 1.00 e. The smallest absolute Gasteiger partial charge is 0.566 e. The van der Waals surface area contributed by atoms with Gasteiger partial charge in [0.25, 0.3) is 0 Å². The Bertz CT molecular complexity index is 78.2. The molecule has 0 heterocycles. The third kappa shape index (κ3) is 12.3. The minimum absolute atomic E-state index is 0. The molecule has 0 amide bonds. The van der Waals surface area contributed by atoms with Gasteiger partial charge in [0, 0.05) is 0 Å². The molecule has 0 fully saturated rings. The maximum atomic E-state index is 9.69. The van der Waals surface area contributed by atoms with Crippen LogP contribution in [0.25, 0.3) is 0 Å². The average Bonchev–Trinajstić information content (AvgIpc) is 1.66. The number of rotatable bonds is 4. The van der Waals surface area contributed by atoms with Crippen molar-refractivity contribution in [1.82, 2.24) is 0 Å². The minimum Gasteiger partial charge on any atom is -0.566 e. The molecule has 1 unspecified atom stereocenters. The van der Waals surface area contributed by atoms with Crippen LogP contribution in [0.2, 0.25) is 0 Å². The van der Waals surface area contributed by atoms with E-state index in [1.54, 1.807) is 0 Å². The molecule has 3 nitrogen and oxygen atoms in total. The van der Waals surface area contributed by atoms with Gasteiger partial charge in [-0.15, -0.1) is 4.52 Å². The molecule has 0 aliphatic heterocycles. The SMILES string of the molecule is CCCCO[P+](=O)[O-].[Na+]. The topological polar surface area (TPSA) is 49.4 Å². The maximum absolute atomic E-state index is 9.69. The van der Waals surface area contributed by atoms with E-state index in [-0.39, 0.29) is 29.6 Å². The molecule has 0 aliphatic carbocycles. The van der Waals surface area contributed by atoms with E-state index in [0.717, 1.165) is 12.8 Å². The van der Waals surface area contributed by atoms with Gasteiger partial charge in [-0.3, -0.25) is 0 Å². The molecule has 0 radical (unpaired) electrons. The van der Waals surface area contributed by atoms with Crippen molar-refractivity contribution < 1.29 is 43.5 Å². The van der Waals surface area contributed by atoms with Gasteiger partial charge in [0.05, 0.1) is 0 Å². The molecule has 0 rings (SSSR count). The molecule has 48 valence electrons. The summed E-state index contributed by atoms with van der Waals surface area (Å²) < 4.78 is 13.9. The summed E-state index contributed by atoms with van der Waals surface area (Å²) in [6.45, 7) is 2.30. The van der Waals surface area contributed by atoms with Gasteiger partial charge in [0.1, 0.15) is 6.61 Å². The van der Waals surface area contributed by atoms with Crippen LogP contribution in [0.4, 0.5) is 0 Å². The molecule has 0 bridgehead atoms. The Morgan fingerprint density at radius 3 is 2.56 bits per heavy atom. The summed E-state index contributed by atoms with van der Waals surface area (Å²) >= 11 is 0.